The average Bonchev–Trinajstić information content (AvgIpc) is 3.02. The number of carbonyl (C=O) groups excluding carboxylic acids is 1. The fraction of sp³-hybridized carbons (Fsp3) is 0.500. The van der Waals surface area contributed by atoms with E-state index in [1.165, 1.54) is 29.5 Å². The summed E-state index contributed by atoms with van der Waals surface area (Å²) in [5.74, 6) is -0.171. The lowest BCUT2D eigenvalue weighted by Crippen LogP contribution is -2.40. The Labute approximate surface area is 175 Å². The zero-order valence-electron chi connectivity index (χ0n) is 16.5. The van der Waals surface area contributed by atoms with Gasteiger partial charge in [-0.3, -0.25) is 10.1 Å². The predicted octanol–water partition coefficient (Wildman–Crippen LogP) is 4.42. The fourth-order valence-electron chi connectivity index (χ4n) is 2.57. The number of aromatic nitrogens is 2. The van der Waals surface area contributed by atoms with Crippen molar-refractivity contribution in [1.82, 2.24) is 14.9 Å². The summed E-state index contributed by atoms with van der Waals surface area (Å²) < 4.78 is 27.7. The highest BCUT2D eigenvalue weighted by Crippen LogP contribution is 2.29. The van der Waals surface area contributed by atoms with Gasteiger partial charge < -0.3 is 0 Å². The Hall–Kier alpha value is -1.55. The molecule has 0 bridgehead atoms. The number of benzene rings is 1. The van der Waals surface area contributed by atoms with Gasteiger partial charge in [0, 0.05) is 17.0 Å². The van der Waals surface area contributed by atoms with E-state index in [4.69, 9.17) is 11.6 Å². The first-order valence-corrected chi connectivity index (χ1v) is 11.6. The molecule has 0 aliphatic heterocycles. The van der Waals surface area contributed by atoms with Gasteiger partial charge in [0.1, 0.15) is 9.90 Å². The second kappa shape index (κ2) is 8.86. The Morgan fingerprint density at radius 1 is 1.21 bits per heavy atom. The van der Waals surface area contributed by atoms with Crippen molar-refractivity contribution in [2.75, 3.05) is 5.32 Å². The first-order valence-electron chi connectivity index (χ1n) is 8.95. The van der Waals surface area contributed by atoms with E-state index in [-0.39, 0.29) is 15.5 Å². The molecule has 154 valence electrons. The van der Waals surface area contributed by atoms with Gasteiger partial charge in [-0.1, -0.05) is 36.8 Å². The van der Waals surface area contributed by atoms with Crippen LogP contribution in [0, 0.1) is 0 Å². The molecule has 1 amide bonds. The summed E-state index contributed by atoms with van der Waals surface area (Å²) in [6.45, 7) is 9.33. The van der Waals surface area contributed by atoms with Gasteiger partial charge in [0.15, 0.2) is 0 Å². The van der Waals surface area contributed by atoms with Crippen LogP contribution in [0.1, 0.15) is 68.7 Å². The summed E-state index contributed by atoms with van der Waals surface area (Å²) in [6, 6.07) is 4.12. The van der Waals surface area contributed by atoms with Gasteiger partial charge in [0.2, 0.25) is 15.2 Å². The third-order valence-electron chi connectivity index (χ3n) is 3.92. The molecule has 2 rings (SSSR count). The second-order valence-corrected chi connectivity index (χ2v) is 10.5. The van der Waals surface area contributed by atoms with E-state index in [0.717, 1.165) is 17.8 Å². The van der Waals surface area contributed by atoms with Crippen molar-refractivity contribution in [2.45, 2.75) is 63.8 Å². The number of sulfonamides is 1. The van der Waals surface area contributed by atoms with E-state index in [0.29, 0.717) is 11.0 Å². The van der Waals surface area contributed by atoms with Crippen LogP contribution in [-0.4, -0.2) is 30.1 Å². The highest BCUT2D eigenvalue weighted by molar-refractivity contribution is 7.89. The molecule has 1 aromatic carbocycles. The molecule has 0 saturated heterocycles. The Kier molecular flexibility index (Phi) is 7.19. The van der Waals surface area contributed by atoms with Gasteiger partial charge >= 0.3 is 0 Å². The molecule has 0 radical (unpaired) electrons. The van der Waals surface area contributed by atoms with Crippen molar-refractivity contribution in [3.63, 3.8) is 0 Å². The number of anilines is 1. The number of hydrogen-bond donors (Lipinski definition) is 2. The van der Waals surface area contributed by atoms with Gasteiger partial charge in [-0.05, 0) is 51.8 Å². The molecule has 0 atom stereocenters. The van der Waals surface area contributed by atoms with Crippen molar-refractivity contribution in [3.8, 4) is 0 Å². The average molecular weight is 445 g/mol. The van der Waals surface area contributed by atoms with Crippen LogP contribution in [0.4, 0.5) is 5.13 Å². The van der Waals surface area contributed by atoms with E-state index in [9.17, 15) is 13.2 Å². The monoisotopic (exact) mass is 444 g/mol. The molecule has 0 aliphatic carbocycles. The van der Waals surface area contributed by atoms with E-state index in [2.05, 4.69) is 34.1 Å². The normalized spacial score (nSPS) is 12.4. The summed E-state index contributed by atoms with van der Waals surface area (Å²) in [6.07, 6.45) is 1.89. The standard InChI is InChI=1S/C18H25ClN4O3S2/c1-6-11(7-2)16-21-22-17(27-16)20-15(24)12-8-9-13(19)14(10-12)28(25,26)23-18(3,4)5/h8-11,23H,6-7H2,1-5H3,(H,20,22,24). The van der Waals surface area contributed by atoms with Crippen LogP contribution in [0.15, 0.2) is 23.1 Å². The van der Waals surface area contributed by atoms with Gasteiger partial charge in [-0.25, -0.2) is 13.1 Å². The van der Waals surface area contributed by atoms with Crippen LogP contribution in [0.2, 0.25) is 5.02 Å². The van der Waals surface area contributed by atoms with Gasteiger partial charge in [-0.15, -0.1) is 10.2 Å². The molecule has 28 heavy (non-hydrogen) atoms. The SMILES string of the molecule is CCC(CC)c1nnc(NC(=O)c2ccc(Cl)c(S(=O)(=O)NC(C)(C)C)c2)s1. The van der Waals surface area contributed by atoms with Crippen molar-refractivity contribution < 1.29 is 13.2 Å². The predicted molar refractivity (Wildman–Crippen MR) is 113 cm³/mol. The molecule has 0 fully saturated rings. The lowest BCUT2D eigenvalue weighted by molar-refractivity contribution is 0.102. The van der Waals surface area contributed by atoms with Crippen molar-refractivity contribution in [1.29, 1.82) is 0 Å². The van der Waals surface area contributed by atoms with Crippen LogP contribution in [0.3, 0.4) is 0 Å². The minimum absolute atomic E-state index is 0.0419. The lowest BCUT2D eigenvalue weighted by Gasteiger charge is -2.21. The lowest BCUT2D eigenvalue weighted by atomic mass is 10.1. The Bertz CT molecular complexity index is 948. The zero-order valence-corrected chi connectivity index (χ0v) is 18.9. The minimum atomic E-state index is -3.88. The molecule has 0 spiro atoms. The second-order valence-electron chi connectivity index (χ2n) is 7.41. The Morgan fingerprint density at radius 3 is 2.43 bits per heavy atom. The molecular formula is C18H25ClN4O3S2. The number of carbonyl (C=O) groups is 1. The molecule has 0 saturated carbocycles. The van der Waals surface area contributed by atoms with E-state index in [1.54, 1.807) is 20.8 Å². The van der Waals surface area contributed by atoms with Crippen LogP contribution >= 0.6 is 22.9 Å². The molecule has 7 nitrogen and oxygen atoms in total. The number of amides is 1. The minimum Gasteiger partial charge on any atom is -0.296 e. The highest BCUT2D eigenvalue weighted by atomic mass is 35.5. The third kappa shape index (κ3) is 5.73. The first-order chi connectivity index (χ1) is 13.0. The molecule has 1 aromatic heterocycles. The molecule has 1 heterocycles. The van der Waals surface area contributed by atoms with Gasteiger partial charge in [-0.2, -0.15) is 0 Å². The molecule has 10 heteroatoms. The maximum absolute atomic E-state index is 12.6. The number of nitrogens with one attached hydrogen (secondary N) is 2. The summed E-state index contributed by atoms with van der Waals surface area (Å²) >= 11 is 7.40. The quantitative estimate of drug-likeness (QED) is 0.658. The third-order valence-corrected chi connectivity index (χ3v) is 7.16. The van der Waals surface area contributed by atoms with Crippen LogP contribution in [-0.2, 0) is 10.0 Å². The fourth-order valence-corrected chi connectivity index (χ4v) is 5.52. The van der Waals surface area contributed by atoms with Gasteiger partial charge in [0.25, 0.3) is 5.91 Å². The largest absolute Gasteiger partial charge is 0.296 e. The Balaban J connectivity index is 2.26. The summed E-state index contributed by atoms with van der Waals surface area (Å²) in [5, 5.41) is 12.1. The van der Waals surface area contributed by atoms with E-state index >= 15 is 0 Å². The molecular weight excluding hydrogens is 420 g/mol. The smallest absolute Gasteiger partial charge is 0.257 e. The number of halogens is 1. The first kappa shape index (κ1) is 22.7. The summed E-state index contributed by atoms with van der Waals surface area (Å²) in [7, 11) is -3.88. The molecule has 0 unspecified atom stereocenters. The van der Waals surface area contributed by atoms with Gasteiger partial charge in [0.05, 0.1) is 5.02 Å². The Morgan fingerprint density at radius 2 is 1.86 bits per heavy atom. The van der Waals surface area contributed by atoms with E-state index < -0.39 is 21.5 Å². The zero-order chi connectivity index (χ0) is 21.1. The highest BCUT2D eigenvalue weighted by Gasteiger charge is 2.25. The molecule has 0 aliphatic rings. The summed E-state index contributed by atoms with van der Waals surface area (Å²) in [4.78, 5) is 12.4. The van der Waals surface area contributed by atoms with E-state index in [1.807, 2.05) is 0 Å². The van der Waals surface area contributed by atoms with Crippen molar-refractivity contribution in [3.05, 3.63) is 33.8 Å². The maximum atomic E-state index is 12.6. The van der Waals surface area contributed by atoms with Crippen LogP contribution < -0.4 is 10.0 Å². The number of nitrogens with zero attached hydrogens (tertiary/aromatic N) is 2. The van der Waals surface area contributed by atoms with Crippen LogP contribution in [0.25, 0.3) is 0 Å². The maximum Gasteiger partial charge on any atom is 0.257 e. The van der Waals surface area contributed by atoms with Crippen molar-refractivity contribution >= 4 is 44.0 Å². The molecule has 2 aromatic rings. The van der Waals surface area contributed by atoms with Crippen molar-refractivity contribution in [2.24, 2.45) is 0 Å². The van der Waals surface area contributed by atoms with Crippen LogP contribution in [0.5, 0.6) is 0 Å². The number of hydrogen-bond acceptors (Lipinski definition) is 6. The molecule has 2 N–H and O–H groups in total. The number of rotatable bonds is 7. The summed E-state index contributed by atoms with van der Waals surface area (Å²) in [5.41, 5.74) is -0.517. The topological polar surface area (TPSA) is 101 Å².